The van der Waals surface area contributed by atoms with E-state index in [-0.39, 0.29) is 6.04 Å². The average Bonchev–Trinajstić information content (AvgIpc) is 3.41. The first-order chi connectivity index (χ1) is 13.6. The number of aromatic amines is 1. The molecule has 0 radical (unpaired) electrons. The van der Waals surface area contributed by atoms with E-state index in [9.17, 15) is 0 Å². The molecule has 0 aliphatic carbocycles. The first-order valence-electron chi connectivity index (χ1n) is 9.16. The van der Waals surface area contributed by atoms with Crippen molar-refractivity contribution in [1.82, 2.24) is 34.3 Å². The van der Waals surface area contributed by atoms with E-state index in [1.807, 2.05) is 19.9 Å². The Morgan fingerprint density at radius 3 is 2.89 bits per heavy atom. The van der Waals surface area contributed by atoms with Crippen LogP contribution in [0.25, 0.3) is 27.3 Å². The third-order valence-corrected chi connectivity index (χ3v) is 5.72. The number of hydrogen-bond acceptors (Lipinski definition) is 8. The fourth-order valence-electron chi connectivity index (χ4n) is 3.45. The number of ether oxygens (including phenoxy) is 1. The van der Waals surface area contributed by atoms with Gasteiger partial charge in [-0.05, 0) is 38.4 Å². The Morgan fingerprint density at radius 1 is 1.29 bits per heavy atom. The SMILES string of the molecule is Cc1ncn(-c2cc(N3CCOC[C@H]3C)nc3c(-c4cc(C)[nH]n4)nsc23)n1. The second-order valence-corrected chi connectivity index (χ2v) is 7.77. The molecule has 0 bridgehead atoms. The lowest BCUT2D eigenvalue weighted by molar-refractivity contribution is 0.0986. The number of nitrogens with zero attached hydrogens (tertiary/aromatic N) is 7. The van der Waals surface area contributed by atoms with Gasteiger partial charge >= 0.3 is 0 Å². The van der Waals surface area contributed by atoms with Crippen molar-refractivity contribution >= 4 is 27.6 Å². The fraction of sp³-hybridized carbons (Fsp3) is 0.389. The maximum Gasteiger partial charge on any atom is 0.147 e. The summed E-state index contributed by atoms with van der Waals surface area (Å²) in [6.45, 7) is 8.17. The monoisotopic (exact) mass is 396 g/mol. The zero-order chi connectivity index (χ0) is 19.3. The van der Waals surface area contributed by atoms with Gasteiger partial charge in [0.1, 0.15) is 39.6 Å². The van der Waals surface area contributed by atoms with Crippen LogP contribution in [-0.2, 0) is 4.74 Å². The normalized spacial score (nSPS) is 17.5. The van der Waals surface area contributed by atoms with E-state index in [0.29, 0.717) is 13.2 Å². The van der Waals surface area contributed by atoms with Gasteiger partial charge in [-0.2, -0.15) is 14.6 Å². The summed E-state index contributed by atoms with van der Waals surface area (Å²) in [5.41, 5.74) is 4.32. The van der Waals surface area contributed by atoms with Crippen LogP contribution in [0.3, 0.4) is 0 Å². The Hall–Kier alpha value is -2.85. The molecule has 0 amide bonds. The lowest BCUT2D eigenvalue weighted by Gasteiger charge is -2.34. The van der Waals surface area contributed by atoms with Crippen LogP contribution in [0.1, 0.15) is 18.4 Å². The van der Waals surface area contributed by atoms with Gasteiger partial charge in [-0.1, -0.05) is 0 Å². The van der Waals surface area contributed by atoms with Gasteiger partial charge in [0.05, 0.1) is 24.9 Å². The number of morpholine rings is 1. The molecular weight excluding hydrogens is 376 g/mol. The Morgan fingerprint density at radius 2 is 2.18 bits per heavy atom. The smallest absolute Gasteiger partial charge is 0.147 e. The van der Waals surface area contributed by atoms with Gasteiger partial charge in [-0.15, -0.1) is 0 Å². The van der Waals surface area contributed by atoms with Crippen LogP contribution in [0.5, 0.6) is 0 Å². The molecule has 1 atom stereocenters. The second-order valence-electron chi connectivity index (χ2n) is 7.00. The highest BCUT2D eigenvalue weighted by Crippen LogP contribution is 2.35. The number of aryl methyl sites for hydroxylation is 2. The third kappa shape index (κ3) is 2.85. The lowest BCUT2D eigenvalue weighted by atomic mass is 10.2. The number of H-pyrrole nitrogens is 1. The van der Waals surface area contributed by atoms with E-state index in [1.54, 1.807) is 11.0 Å². The fourth-order valence-corrected chi connectivity index (χ4v) is 4.28. The molecule has 5 rings (SSSR count). The van der Waals surface area contributed by atoms with Crippen molar-refractivity contribution in [2.75, 3.05) is 24.7 Å². The summed E-state index contributed by atoms with van der Waals surface area (Å²) in [6.07, 6.45) is 1.73. The molecule has 28 heavy (non-hydrogen) atoms. The van der Waals surface area contributed by atoms with Gasteiger partial charge in [0, 0.05) is 18.3 Å². The lowest BCUT2D eigenvalue weighted by Crippen LogP contribution is -2.44. The van der Waals surface area contributed by atoms with Crippen molar-refractivity contribution < 1.29 is 4.74 Å². The highest BCUT2D eigenvalue weighted by atomic mass is 32.1. The largest absolute Gasteiger partial charge is 0.377 e. The number of hydrogen-bond donors (Lipinski definition) is 1. The molecule has 1 aliphatic rings. The average molecular weight is 396 g/mol. The Balaban J connectivity index is 1.74. The first kappa shape index (κ1) is 17.3. The minimum absolute atomic E-state index is 0.242. The van der Waals surface area contributed by atoms with Gasteiger partial charge in [-0.3, -0.25) is 5.10 Å². The predicted molar refractivity (Wildman–Crippen MR) is 107 cm³/mol. The molecule has 0 saturated carbocycles. The molecule has 4 aromatic heterocycles. The predicted octanol–water partition coefficient (Wildman–Crippen LogP) is 2.50. The van der Waals surface area contributed by atoms with Crippen LogP contribution in [0, 0.1) is 13.8 Å². The van der Waals surface area contributed by atoms with Crippen LogP contribution in [0.2, 0.25) is 0 Å². The van der Waals surface area contributed by atoms with Gasteiger partial charge in [0.25, 0.3) is 0 Å². The Kier molecular flexibility index (Phi) is 4.09. The summed E-state index contributed by atoms with van der Waals surface area (Å²) in [6, 6.07) is 4.29. The zero-order valence-electron chi connectivity index (χ0n) is 15.9. The summed E-state index contributed by atoms with van der Waals surface area (Å²) < 4.78 is 13.0. The number of aromatic nitrogens is 7. The van der Waals surface area contributed by atoms with E-state index >= 15 is 0 Å². The molecule has 9 nitrogen and oxygen atoms in total. The number of rotatable bonds is 3. The van der Waals surface area contributed by atoms with Crippen molar-refractivity contribution in [2.45, 2.75) is 26.8 Å². The third-order valence-electron chi connectivity index (χ3n) is 4.86. The van der Waals surface area contributed by atoms with Crippen molar-refractivity contribution in [1.29, 1.82) is 0 Å². The van der Waals surface area contributed by atoms with Crippen LogP contribution in [0.15, 0.2) is 18.5 Å². The van der Waals surface area contributed by atoms with Crippen molar-refractivity contribution in [2.24, 2.45) is 0 Å². The molecular formula is C18H20N8OS. The highest BCUT2D eigenvalue weighted by Gasteiger charge is 2.24. The number of nitrogens with one attached hydrogen (secondary N) is 1. The molecule has 144 valence electrons. The summed E-state index contributed by atoms with van der Waals surface area (Å²) in [7, 11) is 0. The molecule has 1 saturated heterocycles. The van der Waals surface area contributed by atoms with E-state index in [1.165, 1.54) is 11.5 Å². The molecule has 0 aromatic carbocycles. The minimum atomic E-state index is 0.242. The summed E-state index contributed by atoms with van der Waals surface area (Å²) in [5.74, 6) is 1.61. The Bertz CT molecular complexity index is 1150. The quantitative estimate of drug-likeness (QED) is 0.568. The number of pyridine rings is 1. The molecule has 0 unspecified atom stereocenters. The van der Waals surface area contributed by atoms with Gasteiger partial charge in [0.15, 0.2) is 0 Å². The summed E-state index contributed by atoms with van der Waals surface area (Å²) >= 11 is 1.41. The molecule has 5 heterocycles. The maximum absolute atomic E-state index is 5.60. The van der Waals surface area contributed by atoms with Crippen LogP contribution in [0.4, 0.5) is 5.82 Å². The number of fused-ring (bicyclic) bond motifs is 1. The second kappa shape index (κ2) is 6.64. The first-order valence-corrected chi connectivity index (χ1v) is 9.93. The van der Waals surface area contributed by atoms with Crippen molar-refractivity contribution in [3.63, 3.8) is 0 Å². The topological polar surface area (TPSA) is 97.6 Å². The molecule has 0 spiro atoms. The zero-order valence-corrected chi connectivity index (χ0v) is 16.7. The maximum atomic E-state index is 5.60. The van der Waals surface area contributed by atoms with Gasteiger partial charge < -0.3 is 9.64 Å². The van der Waals surface area contributed by atoms with Gasteiger partial charge in [-0.25, -0.2) is 14.6 Å². The summed E-state index contributed by atoms with van der Waals surface area (Å²) in [5, 5.41) is 11.9. The minimum Gasteiger partial charge on any atom is -0.377 e. The number of anilines is 1. The molecule has 1 N–H and O–H groups in total. The van der Waals surface area contributed by atoms with E-state index in [2.05, 4.69) is 42.5 Å². The van der Waals surface area contributed by atoms with Crippen molar-refractivity contribution in [3.8, 4) is 17.1 Å². The van der Waals surface area contributed by atoms with Crippen molar-refractivity contribution in [3.05, 3.63) is 30.0 Å². The van der Waals surface area contributed by atoms with Crippen LogP contribution < -0.4 is 4.90 Å². The van der Waals surface area contributed by atoms with E-state index in [4.69, 9.17) is 9.72 Å². The van der Waals surface area contributed by atoms with Crippen LogP contribution in [-0.4, -0.2) is 60.1 Å². The molecule has 4 aromatic rings. The van der Waals surface area contributed by atoms with Gasteiger partial charge in [0.2, 0.25) is 0 Å². The molecule has 1 fully saturated rings. The Labute approximate surface area is 165 Å². The summed E-state index contributed by atoms with van der Waals surface area (Å²) in [4.78, 5) is 11.6. The van der Waals surface area contributed by atoms with E-state index < -0.39 is 0 Å². The van der Waals surface area contributed by atoms with E-state index in [0.717, 1.165) is 51.2 Å². The highest BCUT2D eigenvalue weighted by molar-refractivity contribution is 7.14. The molecule has 10 heteroatoms. The molecule has 1 aliphatic heterocycles. The van der Waals surface area contributed by atoms with Crippen LogP contribution >= 0.6 is 11.5 Å². The standard InChI is InChI=1S/C18H20N8OS/c1-10-6-13(22-21-10)16-17-18(28-24-16)14(26-9-19-12(3)23-26)7-15(20-17)25-4-5-27-8-11(25)2/h6-7,9,11H,4-5,8H2,1-3H3,(H,21,22)/t11-/m1/s1.